The van der Waals surface area contributed by atoms with Crippen LogP contribution in [-0.2, 0) is 0 Å². The Hall–Kier alpha value is -2.56. The Morgan fingerprint density at radius 3 is 2.21 bits per heavy atom. The Kier molecular flexibility index (Phi) is 2.41. The Morgan fingerprint density at radius 2 is 1.53 bits per heavy atom. The van der Waals surface area contributed by atoms with Crippen molar-refractivity contribution in [2.75, 3.05) is 0 Å². The third kappa shape index (κ3) is 1.55. The van der Waals surface area contributed by atoms with Crippen molar-refractivity contribution in [1.82, 2.24) is 0 Å². The molecule has 0 fully saturated rings. The van der Waals surface area contributed by atoms with Gasteiger partial charge in [0.15, 0.2) is 5.82 Å². The van der Waals surface area contributed by atoms with Gasteiger partial charge in [0.2, 0.25) is 0 Å². The maximum Gasteiger partial charge on any atom is 0.276 e. The molecule has 0 saturated heterocycles. The molecular weight excluding hydrogens is 252 g/mol. The number of rotatable bonds is 1. The molecule has 1 aliphatic heterocycles. The molecule has 1 heterocycles. The van der Waals surface area contributed by atoms with E-state index in [2.05, 4.69) is 0 Å². The molecule has 19 heavy (non-hydrogen) atoms. The van der Waals surface area contributed by atoms with Crippen LogP contribution in [0.15, 0.2) is 42.5 Å². The number of benzene rings is 2. The van der Waals surface area contributed by atoms with E-state index in [9.17, 15) is 18.8 Å². The quantitative estimate of drug-likeness (QED) is 0.583. The summed E-state index contributed by atoms with van der Waals surface area (Å²) in [6, 6.07) is 9.18. The second-order valence-corrected chi connectivity index (χ2v) is 4.09. The molecule has 0 N–H and O–H groups in total. The minimum atomic E-state index is -0.799. The minimum Gasteiger partial charge on any atom is -0.618 e. The summed E-state index contributed by atoms with van der Waals surface area (Å²) in [4.78, 5) is 12.1. The van der Waals surface area contributed by atoms with Gasteiger partial charge >= 0.3 is 0 Å². The lowest BCUT2D eigenvalue weighted by Crippen LogP contribution is -2.18. The fraction of sp³-hybridized carbons (Fsp3) is 0. The Morgan fingerprint density at radius 1 is 0.895 bits per heavy atom. The molecule has 0 spiro atoms. The zero-order valence-corrected chi connectivity index (χ0v) is 9.56. The average molecular weight is 259 g/mol. The number of fused-ring (bicyclic) bond motifs is 1. The molecule has 0 bridgehead atoms. The van der Waals surface area contributed by atoms with Gasteiger partial charge in [0, 0.05) is 0 Å². The van der Waals surface area contributed by atoms with E-state index in [0.717, 1.165) is 12.1 Å². The first-order valence-electron chi connectivity index (χ1n) is 5.53. The van der Waals surface area contributed by atoms with Gasteiger partial charge in [-0.25, -0.2) is 4.39 Å². The summed E-state index contributed by atoms with van der Waals surface area (Å²) >= 11 is 0. The van der Waals surface area contributed by atoms with E-state index in [0.29, 0.717) is 0 Å². The van der Waals surface area contributed by atoms with Crippen molar-refractivity contribution in [3.63, 3.8) is 0 Å². The molecule has 1 aliphatic rings. The molecule has 0 aromatic heterocycles. The van der Waals surface area contributed by atoms with Crippen molar-refractivity contribution in [3.8, 4) is 0 Å². The molecule has 0 amide bonds. The first-order chi connectivity index (χ1) is 9.11. The van der Waals surface area contributed by atoms with Crippen LogP contribution in [0.25, 0.3) is 0 Å². The van der Waals surface area contributed by atoms with Gasteiger partial charge in [-0.2, -0.15) is 9.13 Å². The van der Waals surface area contributed by atoms with Crippen LogP contribution < -0.4 is 0 Å². The van der Waals surface area contributed by atoms with Gasteiger partial charge in [0.1, 0.15) is 11.4 Å². The van der Waals surface area contributed by atoms with Gasteiger partial charge in [0.05, 0.1) is 5.56 Å². The smallest absolute Gasteiger partial charge is 0.276 e. The minimum absolute atomic E-state index is 0.0479. The number of ketones is 1. The van der Waals surface area contributed by atoms with Crippen LogP contribution >= 0.6 is 0 Å². The lowest BCUT2D eigenvalue weighted by Gasteiger charge is -2.03. The van der Waals surface area contributed by atoms with Gasteiger partial charge in [-0.1, -0.05) is 18.2 Å². The number of nitrogens with zero attached hydrogens (tertiary/aromatic N) is 1. The summed E-state index contributed by atoms with van der Waals surface area (Å²) < 4.78 is 27.4. The van der Waals surface area contributed by atoms with Crippen molar-refractivity contribution in [1.29, 1.82) is 0 Å². The van der Waals surface area contributed by atoms with Crippen molar-refractivity contribution in [2.45, 2.75) is 0 Å². The molecular formula is C14H7F2NO2. The Balaban J connectivity index is 2.29. The second kappa shape index (κ2) is 3.98. The highest BCUT2D eigenvalue weighted by Crippen LogP contribution is 2.30. The van der Waals surface area contributed by atoms with E-state index in [1.807, 2.05) is 0 Å². The SMILES string of the molecule is O=C1C(c2ccccc2F)=[N+]([O-])c2c(F)cccc21. The summed E-state index contributed by atoms with van der Waals surface area (Å²) in [6.07, 6.45) is 0. The summed E-state index contributed by atoms with van der Waals surface area (Å²) in [5, 5.41) is 12.0. The average Bonchev–Trinajstić information content (AvgIpc) is 2.64. The van der Waals surface area contributed by atoms with Gasteiger partial charge in [-0.05, 0) is 24.3 Å². The van der Waals surface area contributed by atoms with E-state index in [4.69, 9.17) is 0 Å². The van der Waals surface area contributed by atoms with Crippen LogP contribution in [0, 0.1) is 16.8 Å². The van der Waals surface area contributed by atoms with Gasteiger partial charge in [-0.3, -0.25) is 4.79 Å². The first kappa shape index (κ1) is 11.5. The number of para-hydroxylation sites is 1. The molecule has 0 unspecified atom stereocenters. The van der Waals surface area contributed by atoms with Crippen LogP contribution in [0.4, 0.5) is 14.5 Å². The van der Waals surface area contributed by atoms with E-state index in [-0.39, 0.29) is 21.6 Å². The molecule has 0 aliphatic carbocycles. The highest BCUT2D eigenvalue weighted by molar-refractivity contribution is 6.52. The third-order valence-electron chi connectivity index (χ3n) is 2.98. The largest absolute Gasteiger partial charge is 0.618 e. The van der Waals surface area contributed by atoms with Gasteiger partial charge in [-0.15, -0.1) is 0 Å². The number of carbonyl (C=O) groups is 1. The molecule has 0 radical (unpaired) electrons. The van der Waals surface area contributed by atoms with Crippen LogP contribution in [0.1, 0.15) is 15.9 Å². The van der Waals surface area contributed by atoms with E-state index >= 15 is 0 Å². The molecule has 3 rings (SSSR count). The predicted molar refractivity (Wildman–Crippen MR) is 64.5 cm³/mol. The predicted octanol–water partition coefficient (Wildman–Crippen LogP) is 2.79. The van der Waals surface area contributed by atoms with Gasteiger partial charge in [0.25, 0.3) is 17.2 Å². The topological polar surface area (TPSA) is 43.1 Å². The summed E-state index contributed by atoms with van der Waals surface area (Å²) in [6.45, 7) is 0. The lowest BCUT2D eigenvalue weighted by molar-refractivity contribution is -0.358. The third-order valence-corrected chi connectivity index (χ3v) is 2.98. The number of halogens is 2. The lowest BCUT2D eigenvalue weighted by atomic mass is 10.0. The van der Waals surface area contributed by atoms with Crippen LogP contribution in [0.3, 0.4) is 0 Å². The maximum absolute atomic E-state index is 13.7. The summed E-state index contributed by atoms with van der Waals surface area (Å²) in [5.41, 5.74) is -0.921. The number of Topliss-reactive ketones (excluding diaryl/α,β-unsaturated/α-hetero) is 1. The number of hydrogen-bond acceptors (Lipinski definition) is 2. The highest BCUT2D eigenvalue weighted by atomic mass is 19.1. The molecule has 2 aromatic rings. The fourth-order valence-corrected chi connectivity index (χ4v) is 2.12. The molecule has 0 saturated carbocycles. The zero-order chi connectivity index (χ0) is 13.6. The highest BCUT2D eigenvalue weighted by Gasteiger charge is 2.39. The van der Waals surface area contributed by atoms with Crippen molar-refractivity contribution in [2.24, 2.45) is 0 Å². The summed E-state index contributed by atoms with van der Waals surface area (Å²) in [7, 11) is 0. The van der Waals surface area contributed by atoms with Gasteiger partial charge < -0.3 is 5.21 Å². The van der Waals surface area contributed by atoms with E-state index < -0.39 is 23.1 Å². The second-order valence-electron chi connectivity index (χ2n) is 4.09. The number of carbonyl (C=O) groups excluding carboxylic acids is 1. The van der Waals surface area contributed by atoms with Crippen molar-refractivity contribution < 1.29 is 18.3 Å². The van der Waals surface area contributed by atoms with E-state index in [1.165, 1.54) is 30.3 Å². The van der Waals surface area contributed by atoms with Crippen LogP contribution in [-0.4, -0.2) is 16.2 Å². The van der Waals surface area contributed by atoms with E-state index in [1.54, 1.807) is 0 Å². The first-order valence-corrected chi connectivity index (χ1v) is 5.53. The molecule has 94 valence electrons. The zero-order valence-electron chi connectivity index (χ0n) is 9.56. The standard InChI is InChI=1S/C14H7F2NO2/c15-10-6-2-1-4-8(10)13-14(18)9-5-3-7-11(16)12(9)17(13)19/h1-7H. The molecule has 0 atom stereocenters. The monoisotopic (exact) mass is 259 g/mol. The van der Waals surface area contributed by atoms with Crippen LogP contribution in [0.5, 0.6) is 0 Å². The summed E-state index contributed by atoms with van der Waals surface area (Å²) in [5.74, 6) is -2.17. The van der Waals surface area contributed by atoms with Crippen molar-refractivity contribution >= 4 is 17.2 Å². The van der Waals surface area contributed by atoms with Crippen LogP contribution in [0.2, 0.25) is 0 Å². The van der Waals surface area contributed by atoms with Crippen molar-refractivity contribution in [3.05, 3.63) is 70.4 Å². The maximum atomic E-state index is 13.7. The molecule has 5 heteroatoms. The molecule has 3 nitrogen and oxygen atoms in total. The normalized spacial score (nSPS) is 13.9. The Bertz CT molecular complexity index is 738. The molecule has 2 aromatic carbocycles. The number of hydrogen-bond donors (Lipinski definition) is 0. The Labute approximate surface area is 107 Å². The fourth-order valence-electron chi connectivity index (χ4n) is 2.12.